The Morgan fingerprint density at radius 2 is 1.83 bits per heavy atom. The minimum Gasteiger partial charge on any atom is -0.348 e. The number of aryl methyl sites for hydroxylation is 3. The molecule has 0 fully saturated rings. The number of nitrogens with zero attached hydrogens (tertiary/aromatic N) is 1. The zero-order chi connectivity index (χ0) is 21.3. The van der Waals surface area contributed by atoms with E-state index in [0.717, 1.165) is 40.6 Å². The summed E-state index contributed by atoms with van der Waals surface area (Å²) in [6.45, 7) is 10.2. The number of nitrogens with one attached hydrogen (secondary N) is 2. The smallest absolute Gasteiger partial charge is 0.253 e. The molecule has 0 saturated heterocycles. The Balaban J connectivity index is 1.99. The second-order valence-electron chi connectivity index (χ2n) is 7.78. The first kappa shape index (κ1) is 21.0. The predicted molar refractivity (Wildman–Crippen MR) is 119 cm³/mol. The van der Waals surface area contributed by atoms with Crippen LogP contribution in [0.25, 0.3) is 10.9 Å². The van der Waals surface area contributed by atoms with Crippen molar-refractivity contribution < 1.29 is 4.79 Å². The van der Waals surface area contributed by atoms with Gasteiger partial charge < -0.3 is 14.9 Å². The number of carbonyl (C=O) groups excluding carboxylic acids is 1. The van der Waals surface area contributed by atoms with Crippen LogP contribution in [0.1, 0.15) is 65.5 Å². The highest BCUT2D eigenvalue weighted by Gasteiger charge is 2.19. The molecule has 5 nitrogen and oxygen atoms in total. The number of rotatable bonds is 6. The molecule has 3 rings (SSSR count). The molecule has 0 aliphatic carbocycles. The molecule has 0 aliphatic heterocycles. The van der Waals surface area contributed by atoms with Crippen molar-refractivity contribution in [2.45, 2.75) is 60.0 Å². The quantitative estimate of drug-likeness (QED) is 0.635. The average molecular weight is 389 g/mol. The summed E-state index contributed by atoms with van der Waals surface area (Å²) in [5, 5.41) is 3.82. The van der Waals surface area contributed by atoms with Crippen molar-refractivity contribution in [3.63, 3.8) is 0 Å². The van der Waals surface area contributed by atoms with Gasteiger partial charge >= 0.3 is 0 Å². The molecule has 2 heterocycles. The first-order chi connectivity index (χ1) is 13.8. The average Bonchev–Trinajstić information content (AvgIpc) is 2.97. The Labute approximate surface area is 172 Å². The van der Waals surface area contributed by atoms with Crippen molar-refractivity contribution in [3.8, 4) is 0 Å². The summed E-state index contributed by atoms with van der Waals surface area (Å²) in [6, 6.07) is 5.92. The van der Waals surface area contributed by atoms with Gasteiger partial charge in [0.15, 0.2) is 0 Å². The number of benzene rings is 1. The zero-order valence-corrected chi connectivity index (χ0v) is 17.8. The highest BCUT2D eigenvalue weighted by Crippen LogP contribution is 2.29. The number of hydrogen-bond donors (Lipinski definition) is 2. The second-order valence-corrected chi connectivity index (χ2v) is 7.78. The number of aromatic amines is 1. The molecule has 0 bridgehead atoms. The molecule has 29 heavy (non-hydrogen) atoms. The molecule has 6 heteroatoms. The topological polar surface area (TPSA) is 66.9 Å². The maximum atomic E-state index is 13.1. The van der Waals surface area contributed by atoms with Crippen LogP contribution in [0.2, 0.25) is 0 Å². The van der Waals surface area contributed by atoms with E-state index in [4.69, 9.17) is 7.85 Å². The van der Waals surface area contributed by atoms with E-state index in [9.17, 15) is 9.59 Å². The predicted octanol–water partition coefficient (Wildman–Crippen LogP) is 3.34. The van der Waals surface area contributed by atoms with Crippen LogP contribution in [0.4, 0.5) is 0 Å². The third kappa shape index (κ3) is 4.02. The molecule has 3 aromatic rings. The molecule has 0 aliphatic rings. The summed E-state index contributed by atoms with van der Waals surface area (Å²) in [7, 11) is 6.15. The lowest BCUT2D eigenvalue weighted by molar-refractivity contribution is 0.0952. The Kier molecular flexibility index (Phi) is 6.01. The third-order valence-electron chi connectivity index (χ3n) is 5.65. The third-order valence-corrected chi connectivity index (χ3v) is 5.65. The minimum atomic E-state index is -0.230. The first-order valence-electron chi connectivity index (χ1n) is 10.1. The van der Waals surface area contributed by atoms with E-state index in [-0.39, 0.29) is 18.0 Å². The van der Waals surface area contributed by atoms with Crippen molar-refractivity contribution in [1.29, 1.82) is 0 Å². The second kappa shape index (κ2) is 8.32. The summed E-state index contributed by atoms with van der Waals surface area (Å²) < 4.78 is 2.23. The lowest BCUT2D eigenvalue weighted by atomic mass is 9.91. The van der Waals surface area contributed by atoms with Gasteiger partial charge in [0.05, 0.1) is 0 Å². The van der Waals surface area contributed by atoms with E-state index in [1.54, 1.807) is 6.07 Å². The van der Waals surface area contributed by atoms with Crippen LogP contribution in [0.15, 0.2) is 29.2 Å². The normalized spacial score (nSPS) is 11.4. The number of aromatic nitrogens is 2. The van der Waals surface area contributed by atoms with Crippen LogP contribution in [0.5, 0.6) is 0 Å². The van der Waals surface area contributed by atoms with Crippen LogP contribution >= 0.6 is 0 Å². The Bertz CT molecular complexity index is 1120. The summed E-state index contributed by atoms with van der Waals surface area (Å²) in [5.41, 5.74) is 5.18. The SMILES string of the molecule is [B]c1cc(C(=O)NCc2c(C)cc(C)[nH]c2=O)c2c(C)cn(C(CC)CC)c2c1. The molecule has 2 aromatic heterocycles. The summed E-state index contributed by atoms with van der Waals surface area (Å²) >= 11 is 0. The van der Waals surface area contributed by atoms with E-state index >= 15 is 0 Å². The van der Waals surface area contributed by atoms with Gasteiger partial charge in [0.2, 0.25) is 0 Å². The van der Waals surface area contributed by atoms with E-state index in [1.807, 2.05) is 32.9 Å². The fourth-order valence-corrected chi connectivity index (χ4v) is 4.14. The van der Waals surface area contributed by atoms with Crippen molar-refractivity contribution in [1.82, 2.24) is 14.9 Å². The molecule has 0 spiro atoms. The first-order valence-corrected chi connectivity index (χ1v) is 10.1. The summed E-state index contributed by atoms with van der Waals surface area (Å²) in [4.78, 5) is 28.1. The fraction of sp³-hybridized carbons (Fsp3) is 0.391. The highest BCUT2D eigenvalue weighted by atomic mass is 16.1. The fourth-order valence-electron chi connectivity index (χ4n) is 4.14. The lowest BCUT2D eigenvalue weighted by Gasteiger charge is -2.17. The Morgan fingerprint density at radius 1 is 1.14 bits per heavy atom. The largest absolute Gasteiger partial charge is 0.348 e. The minimum absolute atomic E-state index is 0.170. The van der Waals surface area contributed by atoms with Gasteiger partial charge in [-0.15, -0.1) is 0 Å². The van der Waals surface area contributed by atoms with E-state index in [0.29, 0.717) is 22.6 Å². The van der Waals surface area contributed by atoms with Crippen molar-refractivity contribution in [3.05, 3.63) is 62.7 Å². The van der Waals surface area contributed by atoms with Crippen LogP contribution < -0.4 is 16.3 Å². The van der Waals surface area contributed by atoms with E-state index in [1.165, 1.54) is 0 Å². The maximum Gasteiger partial charge on any atom is 0.253 e. The van der Waals surface area contributed by atoms with Crippen molar-refractivity contribution in [2.24, 2.45) is 0 Å². The van der Waals surface area contributed by atoms with Gasteiger partial charge in [-0.3, -0.25) is 9.59 Å². The van der Waals surface area contributed by atoms with Crippen molar-refractivity contribution in [2.75, 3.05) is 0 Å². The van der Waals surface area contributed by atoms with Gasteiger partial charge in [-0.1, -0.05) is 25.4 Å². The van der Waals surface area contributed by atoms with Crippen LogP contribution in [0.3, 0.4) is 0 Å². The standard InChI is InChI=1S/C23H28BN3O2/c1-6-17(7-2)27-12-14(4)21-18(9-16(24)10-20(21)27)22(28)25-11-19-13(3)8-15(5)26-23(19)29/h8-10,12,17H,6-7,11H2,1-5H3,(H,25,28)(H,26,29). The van der Waals surface area contributed by atoms with Crippen molar-refractivity contribution >= 4 is 30.1 Å². The molecule has 150 valence electrons. The lowest BCUT2D eigenvalue weighted by Crippen LogP contribution is -2.28. The molecule has 2 N–H and O–H groups in total. The Morgan fingerprint density at radius 3 is 2.45 bits per heavy atom. The molecule has 1 aromatic carbocycles. The highest BCUT2D eigenvalue weighted by molar-refractivity contribution is 6.34. The molecular formula is C23H28BN3O2. The monoisotopic (exact) mass is 389 g/mol. The zero-order valence-electron chi connectivity index (χ0n) is 17.8. The van der Waals surface area contributed by atoms with Gasteiger partial charge in [0.1, 0.15) is 7.85 Å². The molecular weight excluding hydrogens is 361 g/mol. The molecule has 2 radical (unpaired) electrons. The number of H-pyrrole nitrogens is 1. The van der Waals surface area contributed by atoms with E-state index < -0.39 is 0 Å². The van der Waals surface area contributed by atoms with Gasteiger partial charge in [0, 0.05) is 46.5 Å². The number of hydrogen-bond acceptors (Lipinski definition) is 2. The van der Waals surface area contributed by atoms with Gasteiger partial charge in [-0.25, -0.2) is 0 Å². The van der Waals surface area contributed by atoms with Crippen LogP contribution in [0, 0.1) is 20.8 Å². The summed E-state index contributed by atoms with van der Waals surface area (Å²) in [5.74, 6) is -0.230. The van der Waals surface area contributed by atoms with Gasteiger partial charge in [-0.05, 0) is 56.9 Å². The Hall–Kier alpha value is -2.76. The maximum absolute atomic E-state index is 13.1. The number of carbonyl (C=O) groups is 1. The van der Waals surface area contributed by atoms with E-state index in [2.05, 4.69) is 34.9 Å². The molecule has 0 atom stereocenters. The molecule has 0 unspecified atom stereocenters. The number of fused-ring (bicyclic) bond motifs is 1. The van der Waals surface area contributed by atoms with Crippen LogP contribution in [-0.4, -0.2) is 23.3 Å². The number of amides is 1. The van der Waals surface area contributed by atoms with Gasteiger partial charge in [0.25, 0.3) is 11.5 Å². The summed E-state index contributed by atoms with van der Waals surface area (Å²) in [6.07, 6.45) is 4.12. The van der Waals surface area contributed by atoms with Gasteiger partial charge in [-0.2, -0.15) is 0 Å². The van der Waals surface area contributed by atoms with Crippen LogP contribution in [-0.2, 0) is 6.54 Å². The molecule has 1 amide bonds. The number of pyridine rings is 1. The molecule has 0 saturated carbocycles.